The number of tetrazole rings is 1. The van der Waals surface area contributed by atoms with E-state index in [9.17, 15) is 8.42 Å². The van der Waals surface area contributed by atoms with E-state index < -0.39 is 10.0 Å². The van der Waals surface area contributed by atoms with Crippen LogP contribution in [0.1, 0.15) is 11.4 Å². The highest BCUT2D eigenvalue weighted by Crippen LogP contribution is 2.23. The third-order valence-corrected chi connectivity index (χ3v) is 4.85. The van der Waals surface area contributed by atoms with Gasteiger partial charge in [0.15, 0.2) is 5.82 Å². The van der Waals surface area contributed by atoms with Crippen molar-refractivity contribution in [3.8, 4) is 0 Å². The molecule has 2 rings (SSSR count). The summed E-state index contributed by atoms with van der Waals surface area (Å²) < 4.78 is 27.3. The van der Waals surface area contributed by atoms with Crippen LogP contribution >= 0.6 is 15.9 Å². The Morgan fingerprint density at radius 3 is 2.75 bits per heavy atom. The van der Waals surface area contributed by atoms with Crippen molar-refractivity contribution >= 4 is 26.0 Å². The third kappa shape index (κ3) is 3.60. The van der Waals surface area contributed by atoms with Crippen LogP contribution in [0.25, 0.3) is 0 Å². The van der Waals surface area contributed by atoms with Crippen LogP contribution in [-0.4, -0.2) is 36.1 Å². The molecule has 1 heterocycles. The highest BCUT2D eigenvalue weighted by atomic mass is 79.9. The molecule has 0 radical (unpaired) electrons. The number of H-pyrrole nitrogens is 1. The molecule has 0 aliphatic rings. The predicted molar refractivity (Wildman–Crippen MR) is 75.1 cm³/mol. The molecule has 0 saturated heterocycles. The number of nitrogens with one attached hydrogen (secondary N) is 3. The molecule has 0 fully saturated rings. The molecule has 0 amide bonds. The summed E-state index contributed by atoms with van der Waals surface area (Å²) in [5, 5.41) is 16.0. The fraction of sp³-hybridized carbons (Fsp3) is 0.300. The summed E-state index contributed by atoms with van der Waals surface area (Å²) in [6, 6.07) is 5.07. The topological polar surface area (TPSA) is 113 Å². The summed E-state index contributed by atoms with van der Waals surface area (Å²) in [6.45, 7) is 0.638. The maximum absolute atomic E-state index is 12.2. The summed E-state index contributed by atoms with van der Waals surface area (Å²) in [5.41, 5.74) is 0.983. The SMILES string of the molecule is CNCc1ccc(S(=O)(=O)NCc2nn[nH]n2)c(Br)c1. The maximum atomic E-state index is 12.2. The Bertz CT molecular complexity index is 673. The van der Waals surface area contributed by atoms with Crippen LogP contribution in [0.3, 0.4) is 0 Å². The van der Waals surface area contributed by atoms with Gasteiger partial charge in [-0.1, -0.05) is 11.3 Å². The van der Waals surface area contributed by atoms with Gasteiger partial charge in [-0.3, -0.25) is 0 Å². The number of aromatic amines is 1. The number of hydrogen-bond donors (Lipinski definition) is 3. The number of nitrogens with zero attached hydrogens (tertiary/aromatic N) is 3. The minimum absolute atomic E-state index is 0.0243. The molecule has 1 aromatic carbocycles. The molecule has 0 unspecified atom stereocenters. The summed E-state index contributed by atoms with van der Waals surface area (Å²) >= 11 is 3.27. The Labute approximate surface area is 124 Å². The molecule has 108 valence electrons. The van der Waals surface area contributed by atoms with E-state index in [1.54, 1.807) is 18.2 Å². The van der Waals surface area contributed by atoms with Crippen molar-refractivity contribution in [3.05, 3.63) is 34.1 Å². The number of rotatable bonds is 6. The lowest BCUT2D eigenvalue weighted by atomic mass is 10.2. The van der Waals surface area contributed by atoms with E-state index in [1.807, 2.05) is 7.05 Å². The lowest BCUT2D eigenvalue weighted by molar-refractivity contribution is 0.578. The molecule has 2 aromatic rings. The van der Waals surface area contributed by atoms with Crippen molar-refractivity contribution in [1.82, 2.24) is 30.7 Å². The van der Waals surface area contributed by atoms with E-state index in [-0.39, 0.29) is 17.3 Å². The zero-order chi connectivity index (χ0) is 14.6. The first kappa shape index (κ1) is 15.0. The second kappa shape index (κ2) is 6.39. The summed E-state index contributed by atoms with van der Waals surface area (Å²) in [5.74, 6) is 0.275. The molecule has 10 heteroatoms. The second-order valence-electron chi connectivity index (χ2n) is 3.95. The minimum Gasteiger partial charge on any atom is -0.316 e. The first-order valence-corrected chi connectivity index (χ1v) is 7.95. The molecular weight excluding hydrogens is 348 g/mol. The van der Waals surface area contributed by atoms with Gasteiger partial charge in [-0.25, -0.2) is 13.1 Å². The first-order chi connectivity index (χ1) is 9.53. The monoisotopic (exact) mass is 360 g/mol. The number of aromatic nitrogens is 4. The molecule has 0 saturated carbocycles. The molecule has 20 heavy (non-hydrogen) atoms. The summed E-state index contributed by atoms with van der Waals surface area (Å²) in [7, 11) is -1.81. The zero-order valence-corrected chi connectivity index (χ0v) is 13.0. The van der Waals surface area contributed by atoms with Crippen LogP contribution in [0, 0.1) is 0 Å². The Hall–Kier alpha value is -1.36. The highest BCUT2D eigenvalue weighted by molar-refractivity contribution is 9.10. The number of halogens is 1. The molecule has 1 aromatic heterocycles. The molecule has 0 aliphatic heterocycles. The molecule has 0 bridgehead atoms. The Morgan fingerprint density at radius 1 is 1.35 bits per heavy atom. The van der Waals surface area contributed by atoms with Crippen LogP contribution in [-0.2, 0) is 23.1 Å². The average Bonchev–Trinajstić information content (AvgIpc) is 2.90. The van der Waals surface area contributed by atoms with Crippen molar-refractivity contribution in [2.45, 2.75) is 18.0 Å². The predicted octanol–water partition coefficient (Wildman–Crippen LogP) is 0.160. The largest absolute Gasteiger partial charge is 0.316 e. The molecule has 3 N–H and O–H groups in total. The van der Waals surface area contributed by atoms with Crippen LogP contribution in [0.5, 0.6) is 0 Å². The van der Waals surface area contributed by atoms with Crippen LogP contribution in [0.4, 0.5) is 0 Å². The lowest BCUT2D eigenvalue weighted by Crippen LogP contribution is -2.24. The van der Waals surface area contributed by atoms with Gasteiger partial charge in [0, 0.05) is 11.0 Å². The normalized spacial score (nSPS) is 11.7. The standard InChI is InChI=1S/C10H13BrN6O2S/c1-12-5-7-2-3-9(8(11)4-7)20(18,19)13-6-10-14-16-17-15-10/h2-4,12-13H,5-6H2,1H3,(H,14,15,16,17). The maximum Gasteiger partial charge on any atom is 0.242 e. The Kier molecular flexibility index (Phi) is 4.81. The lowest BCUT2D eigenvalue weighted by Gasteiger charge is -2.09. The number of sulfonamides is 1. The second-order valence-corrected chi connectivity index (χ2v) is 6.54. The average molecular weight is 361 g/mol. The van der Waals surface area contributed by atoms with Gasteiger partial charge in [-0.05, 0) is 40.7 Å². The van der Waals surface area contributed by atoms with Gasteiger partial charge >= 0.3 is 0 Å². The molecule has 0 aliphatic carbocycles. The smallest absolute Gasteiger partial charge is 0.242 e. The Balaban J connectivity index is 2.16. The molecule has 0 spiro atoms. The van der Waals surface area contributed by atoms with E-state index >= 15 is 0 Å². The summed E-state index contributed by atoms with van der Waals surface area (Å²) in [4.78, 5) is 0.167. The van der Waals surface area contributed by atoms with Crippen LogP contribution in [0.2, 0.25) is 0 Å². The van der Waals surface area contributed by atoms with E-state index in [0.717, 1.165) is 5.56 Å². The number of benzene rings is 1. The van der Waals surface area contributed by atoms with Gasteiger partial charge in [0.2, 0.25) is 10.0 Å². The van der Waals surface area contributed by atoms with Gasteiger partial charge in [-0.2, -0.15) is 5.21 Å². The van der Waals surface area contributed by atoms with E-state index in [1.165, 1.54) is 0 Å². The van der Waals surface area contributed by atoms with E-state index in [4.69, 9.17) is 0 Å². The van der Waals surface area contributed by atoms with Gasteiger partial charge in [0.25, 0.3) is 0 Å². The zero-order valence-electron chi connectivity index (χ0n) is 10.6. The summed E-state index contributed by atoms with van der Waals surface area (Å²) in [6.07, 6.45) is 0. The van der Waals surface area contributed by atoms with Crippen molar-refractivity contribution < 1.29 is 8.42 Å². The van der Waals surface area contributed by atoms with Gasteiger partial charge in [0.05, 0.1) is 11.4 Å². The highest BCUT2D eigenvalue weighted by Gasteiger charge is 2.18. The molecule has 0 atom stereocenters. The molecular formula is C10H13BrN6O2S. The van der Waals surface area contributed by atoms with Crippen molar-refractivity contribution in [1.29, 1.82) is 0 Å². The fourth-order valence-electron chi connectivity index (χ4n) is 1.57. The minimum atomic E-state index is -3.64. The third-order valence-electron chi connectivity index (χ3n) is 2.48. The van der Waals surface area contributed by atoms with Crippen molar-refractivity contribution in [2.75, 3.05) is 7.05 Å². The first-order valence-electron chi connectivity index (χ1n) is 5.68. The van der Waals surface area contributed by atoms with Crippen molar-refractivity contribution in [3.63, 3.8) is 0 Å². The van der Waals surface area contributed by atoms with E-state index in [2.05, 4.69) is 46.6 Å². The van der Waals surface area contributed by atoms with Gasteiger partial charge in [0.1, 0.15) is 0 Å². The van der Waals surface area contributed by atoms with E-state index in [0.29, 0.717) is 11.0 Å². The fourth-order valence-corrected chi connectivity index (χ4v) is 3.67. The molecule has 8 nitrogen and oxygen atoms in total. The Morgan fingerprint density at radius 2 is 2.15 bits per heavy atom. The van der Waals surface area contributed by atoms with Crippen LogP contribution < -0.4 is 10.0 Å². The quantitative estimate of drug-likeness (QED) is 0.676. The van der Waals surface area contributed by atoms with Crippen molar-refractivity contribution in [2.24, 2.45) is 0 Å². The van der Waals surface area contributed by atoms with Gasteiger partial charge in [-0.15, -0.1) is 10.2 Å². The van der Waals surface area contributed by atoms with Crippen LogP contribution in [0.15, 0.2) is 27.6 Å². The van der Waals surface area contributed by atoms with Gasteiger partial charge < -0.3 is 5.32 Å². The number of hydrogen-bond acceptors (Lipinski definition) is 6.